The summed E-state index contributed by atoms with van der Waals surface area (Å²) < 4.78 is 45.5. The normalized spacial score (nSPS) is 11.4. The Morgan fingerprint density at radius 1 is 1.23 bits per heavy atom. The summed E-state index contributed by atoms with van der Waals surface area (Å²) in [5, 5.41) is 0.204. The summed E-state index contributed by atoms with van der Waals surface area (Å²) in [6, 6.07) is 10.2. The van der Waals surface area contributed by atoms with E-state index < -0.39 is 15.8 Å². The van der Waals surface area contributed by atoms with E-state index in [9.17, 15) is 12.8 Å². The Labute approximate surface area is 133 Å². The minimum atomic E-state index is -3.79. The van der Waals surface area contributed by atoms with Gasteiger partial charge in [0.2, 0.25) is 10.0 Å². The molecule has 0 aliphatic heterocycles. The van der Waals surface area contributed by atoms with Crippen LogP contribution in [0.25, 0.3) is 0 Å². The number of rotatable bonds is 6. The molecule has 0 bridgehead atoms. The van der Waals surface area contributed by atoms with Gasteiger partial charge >= 0.3 is 0 Å². The highest BCUT2D eigenvalue weighted by atomic mass is 35.5. The third-order valence-electron chi connectivity index (χ3n) is 2.92. The van der Waals surface area contributed by atoms with Gasteiger partial charge in [0.25, 0.3) is 0 Å². The van der Waals surface area contributed by atoms with E-state index in [1.807, 2.05) is 0 Å². The molecule has 0 unspecified atom stereocenters. The van der Waals surface area contributed by atoms with Crippen LogP contribution in [-0.2, 0) is 16.6 Å². The fourth-order valence-corrected chi connectivity index (χ4v) is 3.15. The first-order valence-electron chi connectivity index (χ1n) is 6.59. The van der Waals surface area contributed by atoms with Crippen LogP contribution in [0.15, 0.2) is 47.4 Å². The van der Waals surface area contributed by atoms with Crippen LogP contribution in [0.1, 0.15) is 12.5 Å². The van der Waals surface area contributed by atoms with Crippen LogP contribution >= 0.6 is 11.6 Å². The van der Waals surface area contributed by atoms with Crippen LogP contribution in [-0.4, -0.2) is 15.0 Å². The molecule has 0 saturated carbocycles. The van der Waals surface area contributed by atoms with Crippen molar-refractivity contribution in [3.63, 3.8) is 0 Å². The molecule has 0 aromatic heterocycles. The lowest BCUT2D eigenvalue weighted by Gasteiger charge is -2.10. The maximum Gasteiger partial charge on any atom is 0.240 e. The van der Waals surface area contributed by atoms with Crippen LogP contribution in [0.4, 0.5) is 4.39 Å². The minimum absolute atomic E-state index is 0.00251. The summed E-state index contributed by atoms with van der Waals surface area (Å²) in [7, 11) is -3.79. The number of benzene rings is 2. The largest absolute Gasteiger partial charge is 0.492 e. The second kappa shape index (κ2) is 7.09. The number of hydrogen-bond acceptors (Lipinski definition) is 3. The predicted molar refractivity (Wildman–Crippen MR) is 83.0 cm³/mol. The SMILES string of the molecule is CCOc1ccc(S(=O)(=O)NCc2ccccc2F)cc1Cl. The highest BCUT2D eigenvalue weighted by molar-refractivity contribution is 7.89. The quantitative estimate of drug-likeness (QED) is 0.875. The Balaban J connectivity index is 2.17. The second-order valence-corrected chi connectivity index (χ2v) is 6.62. The van der Waals surface area contributed by atoms with Crippen molar-refractivity contribution in [2.75, 3.05) is 6.61 Å². The molecule has 0 heterocycles. The molecule has 118 valence electrons. The molecule has 2 aromatic carbocycles. The van der Waals surface area contributed by atoms with Gasteiger partial charge in [-0.05, 0) is 31.2 Å². The van der Waals surface area contributed by atoms with Crippen molar-refractivity contribution < 1.29 is 17.5 Å². The number of ether oxygens (including phenoxy) is 1. The molecular formula is C15H15ClFNO3S. The summed E-state index contributed by atoms with van der Waals surface area (Å²) in [6.07, 6.45) is 0. The summed E-state index contributed by atoms with van der Waals surface area (Å²) in [4.78, 5) is -0.00251. The van der Waals surface area contributed by atoms with Crippen molar-refractivity contribution in [1.29, 1.82) is 0 Å². The van der Waals surface area contributed by atoms with E-state index in [0.717, 1.165) is 0 Å². The molecule has 0 atom stereocenters. The van der Waals surface area contributed by atoms with Crippen LogP contribution in [0.3, 0.4) is 0 Å². The van der Waals surface area contributed by atoms with Gasteiger partial charge < -0.3 is 4.74 Å². The first-order valence-corrected chi connectivity index (χ1v) is 8.45. The third-order valence-corrected chi connectivity index (χ3v) is 4.62. The second-order valence-electron chi connectivity index (χ2n) is 4.44. The molecule has 0 radical (unpaired) electrons. The van der Waals surface area contributed by atoms with E-state index in [-0.39, 0.29) is 22.0 Å². The van der Waals surface area contributed by atoms with E-state index in [2.05, 4.69) is 4.72 Å². The van der Waals surface area contributed by atoms with Crippen molar-refractivity contribution in [2.45, 2.75) is 18.4 Å². The number of sulfonamides is 1. The van der Waals surface area contributed by atoms with Crippen molar-refractivity contribution in [3.05, 3.63) is 58.9 Å². The molecule has 7 heteroatoms. The van der Waals surface area contributed by atoms with Gasteiger partial charge in [-0.2, -0.15) is 0 Å². The lowest BCUT2D eigenvalue weighted by molar-refractivity contribution is 0.340. The summed E-state index contributed by atoms with van der Waals surface area (Å²) in [5.74, 6) is -0.0489. The molecule has 0 aliphatic carbocycles. The van der Waals surface area contributed by atoms with Gasteiger partial charge in [0, 0.05) is 12.1 Å². The molecule has 0 spiro atoms. The van der Waals surface area contributed by atoms with E-state index >= 15 is 0 Å². The van der Waals surface area contributed by atoms with Crippen LogP contribution in [0, 0.1) is 5.82 Å². The Morgan fingerprint density at radius 2 is 1.95 bits per heavy atom. The summed E-state index contributed by atoms with van der Waals surface area (Å²) >= 11 is 5.98. The standard InChI is InChI=1S/C15H15ClFNO3S/c1-2-21-15-8-7-12(9-13(15)16)22(19,20)18-10-11-5-3-4-6-14(11)17/h3-9,18H,2,10H2,1H3. The lowest BCUT2D eigenvalue weighted by atomic mass is 10.2. The lowest BCUT2D eigenvalue weighted by Crippen LogP contribution is -2.23. The van der Waals surface area contributed by atoms with E-state index in [4.69, 9.17) is 16.3 Å². The van der Waals surface area contributed by atoms with Crippen LogP contribution < -0.4 is 9.46 Å². The van der Waals surface area contributed by atoms with Crippen molar-refractivity contribution in [2.24, 2.45) is 0 Å². The maximum atomic E-state index is 13.5. The van der Waals surface area contributed by atoms with Crippen molar-refractivity contribution >= 4 is 21.6 Å². The molecule has 1 N–H and O–H groups in total. The topological polar surface area (TPSA) is 55.4 Å². The molecule has 0 fully saturated rings. The van der Waals surface area contributed by atoms with Gasteiger partial charge in [0.05, 0.1) is 16.5 Å². The van der Waals surface area contributed by atoms with Crippen molar-refractivity contribution in [1.82, 2.24) is 4.72 Å². The molecule has 22 heavy (non-hydrogen) atoms. The van der Waals surface area contributed by atoms with E-state index in [1.165, 1.54) is 30.3 Å². The van der Waals surface area contributed by atoms with Crippen molar-refractivity contribution in [3.8, 4) is 5.75 Å². The zero-order chi connectivity index (χ0) is 16.2. The summed E-state index contributed by atoms with van der Waals surface area (Å²) in [6.45, 7) is 2.09. The Bertz CT molecular complexity index is 765. The first-order chi connectivity index (χ1) is 10.4. The number of halogens is 2. The minimum Gasteiger partial charge on any atom is -0.492 e. The highest BCUT2D eigenvalue weighted by Gasteiger charge is 2.16. The molecular weight excluding hydrogens is 329 g/mol. The molecule has 0 amide bonds. The van der Waals surface area contributed by atoms with Gasteiger partial charge in [-0.15, -0.1) is 0 Å². The van der Waals surface area contributed by atoms with E-state index in [1.54, 1.807) is 19.1 Å². The maximum absolute atomic E-state index is 13.5. The average molecular weight is 344 g/mol. The number of hydrogen-bond donors (Lipinski definition) is 1. The fourth-order valence-electron chi connectivity index (χ4n) is 1.82. The monoisotopic (exact) mass is 343 g/mol. The molecule has 0 aliphatic rings. The summed E-state index contributed by atoms with van der Waals surface area (Å²) in [5.41, 5.74) is 0.267. The van der Waals surface area contributed by atoms with Crippen LogP contribution in [0.2, 0.25) is 5.02 Å². The van der Waals surface area contributed by atoms with Gasteiger partial charge in [0.15, 0.2) is 0 Å². The van der Waals surface area contributed by atoms with Gasteiger partial charge in [-0.3, -0.25) is 0 Å². The van der Waals surface area contributed by atoms with Crippen LogP contribution in [0.5, 0.6) is 5.75 Å². The first kappa shape index (κ1) is 16.7. The molecule has 2 rings (SSSR count). The average Bonchev–Trinajstić information content (AvgIpc) is 2.48. The Hall–Kier alpha value is -1.63. The zero-order valence-electron chi connectivity index (χ0n) is 11.8. The van der Waals surface area contributed by atoms with E-state index in [0.29, 0.717) is 12.4 Å². The Morgan fingerprint density at radius 3 is 2.59 bits per heavy atom. The molecule has 0 saturated heterocycles. The fraction of sp³-hybridized carbons (Fsp3) is 0.200. The highest BCUT2D eigenvalue weighted by Crippen LogP contribution is 2.27. The molecule has 4 nitrogen and oxygen atoms in total. The third kappa shape index (κ3) is 3.97. The molecule has 2 aromatic rings. The van der Waals surface area contributed by atoms with Gasteiger partial charge in [-0.25, -0.2) is 17.5 Å². The smallest absolute Gasteiger partial charge is 0.240 e. The zero-order valence-corrected chi connectivity index (χ0v) is 13.4. The predicted octanol–water partition coefficient (Wildman–Crippen LogP) is 3.36. The van der Waals surface area contributed by atoms with Gasteiger partial charge in [0.1, 0.15) is 11.6 Å². The Kier molecular flexibility index (Phi) is 5.39. The van der Waals surface area contributed by atoms with Gasteiger partial charge in [-0.1, -0.05) is 29.8 Å². The number of nitrogens with one attached hydrogen (secondary N) is 1.